The molecule has 1 unspecified atom stereocenters. The van der Waals surface area contributed by atoms with Crippen molar-refractivity contribution in [1.82, 2.24) is 4.98 Å². The lowest BCUT2D eigenvalue weighted by Crippen LogP contribution is -2.24. The van der Waals surface area contributed by atoms with Gasteiger partial charge in [0.1, 0.15) is 5.82 Å². The van der Waals surface area contributed by atoms with Gasteiger partial charge in [0.25, 0.3) is 0 Å². The van der Waals surface area contributed by atoms with Crippen molar-refractivity contribution in [1.29, 1.82) is 0 Å². The molecular weight excluding hydrogens is 264 g/mol. The molecule has 1 aromatic heterocycles. The number of aromatic nitrogens is 1. The molecule has 0 aliphatic rings. The average Bonchev–Trinajstić information content (AvgIpc) is 2.38. The average molecular weight is 279 g/mol. The molecule has 0 fully saturated rings. The SMILES string of the molecule is COc1ccc(CC(C)(O)c2cncc(F)c2)cc1F. The molecule has 0 saturated carbocycles. The zero-order valence-electron chi connectivity index (χ0n) is 11.2. The maximum absolute atomic E-state index is 13.6. The number of aliphatic hydroxyl groups is 1. The fraction of sp³-hybridized carbons (Fsp3) is 0.267. The molecule has 0 aliphatic carbocycles. The summed E-state index contributed by atoms with van der Waals surface area (Å²) < 4.78 is 31.6. The second kappa shape index (κ2) is 5.54. The van der Waals surface area contributed by atoms with Crippen molar-refractivity contribution in [2.75, 3.05) is 7.11 Å². The minimum absolute atomic E-state index is 0.138. The number of halogens is 2. The number of hydrogen-bond acceptors (Lipinski definition) is 3. The van der Waals surface area contributed by atoms with Gasteiger partial charge in [-0.3, -0.25) is 4.98 Å². The van der Waals surface area contributed by atoms with Crippen molar-refractivity contribution >= 4 is 0 Å². The Hall–Kier alpha value is -2.01. The Morgan fingerprint density at radius 3 is 2.60 bits per heavy atom. The molecule has 1 atom stereocenters. The minimum atomic E-state index is -1.34. The number of pyridine rings is 1. The molecule has 20 heavy (non-hydrogen) atoms. The molecule has 2 rings (SSSR count). The summed E-state index contributed by atoms with van der Waals surface area (Å²) in [5.74, 6) is -0.886. The number of methoxy groups -OCH3 is 1. The van der Waals surface area contributed by atoms with E-state index in [1.807, 2.05) is 0 Å². The summed E-state index contributed by atoms with van der Waals surface area (Å²) in [6.45, 7) is 1.53. The smallest absolute Gasteiger partial charge is 0.165 e. The Bertz CT molecular complexity index is 615. The minimum Gasteiger partial charge on any atom is -0.494 e. The Morgan fingerprint density at radius 2 is 2.00 bits per heavy atom. The summed E-state index contributed by atoms with van der Waals surface area (Å²) >= 11 is 0. The lowest BCUT2D eigenvalue weighted by molar-refractivity contribution is 0.0568. The summed E-state index contributed by atoms with van der Waals surface area (Å²) in [7, 11) is 1.38. The second-order valence-electron chi connectivity index (χ2n) is 4.81. The summed E-state index contributed by atoms with van der Waals surface area (Å²) in [5, 5.41) is 10.4. The standard InChI is InChI=1S/C15H15F2NO2/c1-15(19,11-6-12(16)9-18-8-11)7-10-3-4-14(20-2)13(17)5-10/h3-6,8-9,19H,7H2,1-2H3. The molecule has 0 aliphatic heterocycles. The van der Waals surface area contributed by atoms with Crippen LogP contribution in [0.15, 0.2) is 36.7 Å². The van der Waals surface area contributed by atoms with Gasteiger partial charge < -0.3 is 9.84 Å². The monoisotopic (exact) mass is 279 g/mol. The van der Waals surface area contributed by atoms with Crippen molar-refractivity contribution < 1.29 is 18.6 Å². The second-order valence-corrected chi connectivity index (χ2v) is 4.81. The zero-order chi connectivity index (χ0) is 14.8. The van der Waals surface area contributed by atoms with E-state index in [4.69, 9.17) is 4.74 Å². The largest absolute Gasteiger partial charge is 0.494 e. The summed E-state index contributed by atoms with van der Waals surface area (Å²) in [6.07, 6.45) is 2.59. The topological polar surface area (TPSA) is 42.4 Å². The summed E-state index contributed by atoms with van der Waals surface area (Å²) in [5.41, 5.74) is -0.415. The summed E-state index contributed by atoms with van der Waals surface area (Å²) in [6, 6.07) is 5.65. The third-order valence-corrected chi connectivity index (χ3v) is 3.09. The van der Waals surface area contributed by atoms with Gasteiger partial charge in [0, 0.05) is 18.2 Å². The number of rotatable bonds is 4. The van der Waals surface area contributed by atoms with E-state index in [0.717, 1.165) is 6.20 Å². The third kappa shape index (κ3) is 3.11. The highest BCUT2D eigenvalue weighted by Gasteiger charge is 2.25. The van der Waals surface area contributed by atoms with Crippen LogP contribution in [0, 0.1) is 11.6 Å². The van der Waals surface area contributed by atoms with Crippen LogP contribution in [0.2, 0.25) is 0 Å². The maximum Gasteiger partial charge on any atom is 0.165 e. The Labute approximate surface area is 115 Å². The lowest BCUT2D eigenvalue weighted by Gasteiger charge is -2.23. The molecule has 1 N–H and O–H groups in total. The van der Waals surface area contributed by atoms with Crippen molar-refractivity contribution in [3.63, 3.8) is 0 Å². The van der Waals surface area contributed by atoms with Crippen LogP contribution in [-0.2, 0) is 12.0 Å². The molecule has 0 bridgehead atoms. The van der Waals surface area contributed by atoms with E-state index < -0.39 is 17.2 Å². The summed E-state index contributed by atoms with van der Waals surface area (Å²) in [4.78, 5) is 3.71. The molecule has 5 heteroatoms. The van der Waals surface area contributed by atoms with Crippen molar-refractivity contribution in [2.45, 2.75) is 18.9 Å². The molecule has 0 radical (unpaired) electrons. The first-order valence-corrected chi connectivity index (χ1v) is 6.08. The molecular formula is C15H15F2NO2. The number of hydrogen-bond donors (Lipinski definition) is 1. The molecule has 106 valence electrons. The van der Waals surface area contributed by atoms with Gasteiger partial charge in [0.2, 0.25) is 0 Å². The molecule has 2 aromatic rings. The van der Waals surface area contributed by atoms with Crippen LogP contribution < -0.4 is 4.74 Å². The van der Waals surface area contributed by atoms with E-state index in [0.29, 0.717) is 11.1 Å². The van der Waals surface area contributed by atoms with E-state index >= 15 is 0 Å². The molecule has 1 heterocycles. The first kappa shape index (κ1) is 14.4. The molecule has 0 amide bonds. The predicted octanol–water partition coefficient (Wildman–Crippen LogP) is 2.82. The highest BCUT2D eigenvalue weighted by atomic mass is 19.1. The Kier molecular flexibility index (Phi) is 3.99. The van der Waals surface area contributed by atoms with Crippen LogP contribution in [0.1, 0.15) is 18.1 Å². The molecule has 1 aromatic carbocycles. The molecule has 3 nitrogen and oxygen atoms in total. The van der Waals surface area contributed by atoms with Crippen molar-refractivity contribution in [3.8, 4) is 5.75 Å². The normalized spacial score (nSPS) is 13.8. The zero-order valence-corrected chi connectivity index (χ0v) is 11.2. The fourth-order valence-corrected chi connectivity index (χ4v) is 2.03. The fourth-order valence-electron chi connectivity index (χ4n) is 2.03. The van der Waals surface area contributed by atoms with E-state index in [-0.39, 0.29) is 12.2 Å². The van der Waals surface area contributed by atoms with Gasteiger partial charge in [-0.1, -0.05) is 6.07 Å². The van der Waals surface area contributed by atoms with Gasteiger partial charge >= 0.3 is 0 Å². The first-order chi connectivity index (χ1) is 9.42. The number of nitrogens with zero attached hydrogens (tertiary/aromatic N) is 1. The van der Waals surface area contributed by atoms with Gasteiger partial charge in [-0.05, 0) is 30.7 Å². The van der Waals surface area contributed by atoms with Crippen molar-refractivity contribution in [2.24, 2.45) is 0 Å². The molecule has 0 spiro atoms. The highest BCUT2D eigenvalue weighted by molar-refractivity contribution is 5.31. The van der Waals surface area contributed by atoms with Crippen LogP contribution in [-0.4, -0.2) is 17.2 Å². The van der Waals surface area contributed by atoms with Crippen LogP contribution in [0.3, 0.4) is 0 Å². The quantitative estimate of drug-likeness (QED) is 0.935. The highest BCUT2D eigenvalue weighted by Crippen LogP contribution is 2.27. The lowest BCUT2D eigenvalue weighted by atomic mass is 9.90. The maximum atomic E-state index is 13.6. The predicted molar refractivity (Wildman–Crippen MR) is 70.4 cm³/mol. The van der Waals surface area contributed by atoms with Crippen LogP contribution in [0.4, 0.5) is 8.78 Å². The first-order valence-electron chi connectivity index (χ1n) is 6.08. The number of ether oxygens (including phenoxy) is 1. The third-order valence-electron chi connectivity index (χ3n) is 3.09. The van der Waals surface area contributed by atoms with Crippen LogP contribution in [0.25, 0.3) is 0 Å². The van der Waals surface area contributed by atoms with Crippen LogP contribution in [0.5, 0.6) is 5.75 Å². The Morgan fingerprint density at radius 1 is 1.25 bits per heavy atom. The van der Waals surface area contributed by atoms with Crippen molar-refractivity contribution in [3.05, 3.63) is 59.4 Å². The number of benzene rings is 1. The van der Waals surface area contributed by atoms with E-state index in [2.05, 4.69) is 4.98 Å². The van der Waals surface area contributed by atoms with E-state index in [1.54, 1.807) is 6.07 Å². The molecule has 0 saturated heterocycles. The van der Waals surface area contributed by atoms with Gasteiger partial charge in [0.15, 0.2) is 11.6 Å². The van der Waals surface area contributed by atoms with E-state index in [9.17, 15) is 13.9 Å². The Balaban J connectivity index is 2.26. The van der Waals surface area contributed by atoms with Crippen LogP contribution >= 0.6 is 0 Å². The van der Waals surface area contributed by atoms with Gasteiger partial charge in [0.05, 0.1) is 18.9 Å². The van der Waals surface area contributed by atoms with E-state index in [1.165, 1.54) is 38.4 Å². The van der Waals surface area contributed by atoms with Gasteiger partial charge in [-0.2, -0.15) is 0 Å². The van der Waals surface area contributed by atoms with Gasteiger partial charge in [-0.15, -0.1) is 0 Å². The van der Waals surface area contributed by atoms with Gasteiger partial charge in [-0.25, -0.2) is 8.78 Å².